The molecule has 0 N–H and O–H groups in total. The molecule has 0 aliphatic rings. The first-order valence-electron chi connectivity index (χ1n) is 7.54. The van der Waals surface area contributed by atoms with Crippen molar-refractivity contribution in [3.05, 3.63) is 61.0 Å². The van der Waals surface area contributed by atoms with Crippen molar-refractivity contribution in [2.24, 2.45) is 0 Å². The summed E-state index contributed by atoms with van der Waals surface area (Å²) >= 11 is 24.7. The summed E-state index contributed by atoms with van der Waals surface area (Å²) in [5, 5.41) is 0.955. The standard InChI is InChI=1S/C18H14Cl4O5/c1-25-17(23)9-5-12(19)11(13(20)6-9)3-4-27-16-14(21)7-10(8-15(16)22)18(24)26-2/h5-8H,3-4H2,1-2H3. The Labute approximate surface area is 176 Å². The van der Waals surface area contributed by atoms with E-state index < -0.39 is 11.9 Å². The molecule has 27 heavy (non-hydrogen) atoms. The Bertz CT molecular complexity index is 765. The Morgan fingerprint density at radius 1 is 0.778 bits per heavy atom. The van der Waals surface area contributed by atoms with Crippen LogP contribution in [0, 0.1) is 0 Å². The van der Waals surface area contributed by atoms with E-state index in [1.165, 1.54) is 38.5 Å². The van der Waals surface area contributed by atoms with E-state index in [4.69, 9.17) is 51.1 Å². The van der Waals surface area contributed by atoms with Crippen LogP contribution in [0.25, 0.3) is 0 Å². The Balaban J connectivity index is 2.13. The Morgan fingerprint density at radius 2 is 1.19 bits per heavy atom. The van der Waals surface area contributed by atoms with E-state index in [-0.39, 0.29) is 33.5 Å². The van der Waals surface area contributed by atoms with Crippen LogP contribution in [0.1, 0.15) is 26.3 Å². The quantitative estimate of drug-likeness (QED) is 0.543. The zero-order valence-electron chi connectivity index (χ0n) is 14.3. The van der Waals surface area contributed by atoms with Crippen molar-refractivity contribution < 1.29 is 23.8 Å². The lowest BCUT2D eigenvalue weighted by atomic mass is 10.1. The van der Waals surface area contributed by atoms with Gasteiger partial charge in [-0.05, 0) is 29.8 Å². The van der Waals surface area contributed by atoms with Gasteiger partial charge in [-0.15, -0.1) is 0 Å². The molecule has 0 saturated carbocycles. The third-order valence-corrected chi connectivity index (χ3v) is 4.82. The minimum absolute atomic E-state index is 0.161. The fraction of sp³-hybridized carbons (Fsp3) is 0.222. The van der Waals surface area contributed by atoms with Gasteiger partial charge in [-0.3, -0.25) is 0 Å². The molecule has 2 rings (SSSR count). The molecule has 5 nitrogen and oxygen atoms in total. The lowest BCUT2D eigenvalue weighted by molar-refractivity contribution is 0.0592. The van der Waals surface area contributed by atoms with Gasteiger partial charge in [0.2, 0.25) is 0 Å². The highest BCUT2D eigenvalue weighted by Crippen LogP contribution is 2.35. The van der Waals surface area contributed by atoms with Gasteiger partial charge < -0.3 is 14.2 Å². The third kappa shape index (κ3) is 5.20. The molecule has 0 spiro atoms. The van der Waals surface area contributed by atoms with Crippen LogP contribution in [0.5, 0.6) is 5.75 Å². The largest absolute Gasteiger partial charge is 0.490 e. The molecule has 0 aromatic heterocycles. The van der Waals surface area contributed by atoms with Gasteiger partial charge in [0, 0.05) is 16.5 Å². The molecule has 144 valence electrons. The zero-order valence-corrected chi connectivity index (χ0v) is 17.3. The highest BCUT2D eigenvalue weighted by atomic mass is 35.5. The monoisotopic (exact) mass is 450 g/mol. The van der Waals surface area contributed by atoms with E-state index in [0.717, 1.165) is 0 Å². The first-order valence-corrected chi connectivity index (χ1v) is 9.06. The second kappa shape index (κ2) is 9.51. The van der Waals surface area contributed by atoms with Crippen LogP contribution >= 0.6 is 46.4 Å². The summed E-state index contributed by atoms with van der Waals surface area (Å²) < 4.78 is 14.9. The van der Waals surface area contributed by atoms with Crippen LogP contribution in [-0.2, 0) is 15.9 Å². The van der Waals surface area contributed by atoms with Crippen molar-refractivity contribution in [3.8, 4) is 5.75 Å². The van der Waals surface area contributed by atoms with Gasteiger partial charge in [-0.2, -0.15) is 0 Å². The van der Waals surface area contributed by atoms with Crippen LogP contribution in [-0.4, -0.2) is 32.8 Å². The van der Waals surface area contributed by atoms with Crippen LogP contribution in [0.2, 0.25) is 20.1 Å². The van der Waals surface area contributed by atoms with Crippen molar-refractivity contribution in [1.29, 1.82) is 0 Å². The van der Waals surface area contributed by atoms with Crippen LogP contribution < -0.4 is 4.74 Å². The Morgan fingerprint density at radius 3 is 1.59 bits per heavy atom. The van der Waals surface area contributed by atoms with Crippen LogP contribution in [0.15, 0.2) is 24.3 Å². The number of methoxy groups -OCH3 is 2. The van der Waals surface area contributed by atoms with Crippen LogP contribution in [0.3, 0.4) is 0 Å². The summed E-state index contributed by atoms with van der Waals surface area (Å²) in [6.45, 7) is 0.161. The van der Waals surface area contributed by atoms with Gasteiger partial charge in [-0.25, -0.2) is 9.59 Å². The van der Waals surface area contributed by atoms with E-state index in [9.17, 15) is 9.59 Å². The number of benzene rings is 2. The highest BCUT2D eigenvalue weighted by molar-refractivity contribution is 6.38. The molecule has 2 aromatic rings. The van der Waals surface area contributed by atoms with E-state index in [1.54, 1.807) is 0 Å². The maximum Gasteiger partial charge on any atom is 0.337 e. The summed E-state index contributed by atoms with van der Waals surface area (Å²) in [7, 11) is 2.53. The molecule has 0 radical (unpaired) electrons. The Kier molecular flexibility index (Phi) is 7.62. The lowest BCUT2D eigenvalue weighted by Gasteiger charge is -2.13. The molecule has 0 heterocycles. The molecule has 0 bridgehead atoms. The molecule has 0 fully saturated rings. The van der Waals surface area contributed by atoms with Gasteiger partial charge in [0.25, 0.3) is 0 Å². The Hall–Kier alpha value is -1.66. The lowest BCUT2D eigenvalue weighted by Crippen LogP contribution is -2.07. The van der Waals surface area contributed by atoms with E-state index in [1.807, 2.05) is 0 Å². The highest BCUT2D eigenvalue weighted by Gasteiger charge is 2.16. The van der Waals surface area contributed by atoms with Crippen molar-refractivity contribution >= 4 is 58.3 Å². The molecule has 0 amide bonds. The number of carbonyl (C=O) groups is 2. The second-order valence-corrected chi connectivity index (χ2v) is 6.90. The summed E-state index contributed by atoms with van der Waals surface area (Å²) in [6.07, 6.45) is 0.338. The van der Waals surface area contributed by atoms with Gasteiger partial charge in [0.15, 0.2) is 5.75 Å². The summed E-state index contributed by atoms with van der Waals surface area (Å²) in [5.41, 5.74) is 1.07. The van der Waals surface area contributed by atoms with Crippen molar-refractivity contribution in [2.75, 3.05) is 20.8 Å². The van der Waals surface area contributed by atoms with Gasteiger partial charge in [0.05, 0.1) is 42.0 Å². The number of hydrogen-bond acceptors (Lipinski definition) is 5. The smallest absolute Gasteiger partial charge is 0.337 e. The number of halogens is 4. The SMILES string of the molecule is COC(=O)c1cc(Cl)c(CCOc2c(Cl)cc(C(=O)OC)cc2Cl)c(Cl)c1. The van der Waals surface area contributed by atoms with Crippen LogP contribution in [0.4, 0.5) is 0 Å². The average molecular weight is 452 g/mol. The molecular weight excluding hydrogens is 438 g/mol. The molecule has 0 saturated heterocycles. The summed E-state index contributed by atoms with van der Waals surface area (Å²) in [5.74, 6) is -0.870. The van der Waals surface area contributed by atoms with E-state index in [0.29, 0.717) is 22.0 Å². The number of esters is 2. The summed E-state index contributed by atoms with van der Waals surface area (Å²) in [6, 6.07) is 5.75. The number of carbonyl (C=O) groups excluding carboxylic acids is 2. The normalized spacial score (nSPS) is 10.4. The third-order valence-electron chi connectivity index (χ3n) is 3.58. The molecule has 0 unspecified atom stereocenters. The molecule has 0 atom stereocenters. The number of hydrogen-bond donors (Lipinski definition) is 0. The van der Waals surface area contributed by atoms with E-state index in [2.05, 4.69) is 9.47 Å². The maximum atomic E-state index is 11.6. The first-order chi connectivity index (χ1) is 12.8. The molecule has 9 heteroatoms. The summed E-state index contributed by atoms with van der Waals surface area (Å²) in [4.78, 5) is 23.1. The van der Waals surface area contributed by atoms with Gasteiger partial charge in [-0.1, -0.05) is 46.4 Å². The minimum Gasteiger partial charge on any atom is -0.490 e. The predicted octanol–water partition coefficient (Wildman–Crippen LogP) is 5.49. The molecule has 0 aliphatic carbocycles. The molecular formula is C18H14Cl4O5. The topological polar surface area (TPSA) is 61.8 Å². The van der Waals surface area contributed by atoms with E-state index >= 15 is 0 Å². The van der Waals surface area contributed by atoms with Gasteiger partial charge >= 0.3 is 11.9 Å². The average Bonchev–Trinajstić information content (AvgIpc) is 2.63. The van der Waals surface area contributed by atoms with Gasteiger partial charge in [0.1, 0.15) is 0 Å². The first kappa shape index (κ1) is 21.6. The maximum absolute atomic E-state index is 11.6. The fourth-order valence-corrected chi connectivity index (χ4v) is 3.54. The molecule has 0 aliphatic heterocycles. The number of rotatable bonds is 6. The van der Waals surface area contributed by atoms with Crippen molar-refractivity contribution in [3.63, 3.8) is 0 Å². The number of ether oxygens (including phenoxy) is 3. The predicted molar refractivity (Wildman–Crippen MR) is 105 cm³/mol. The zero-order chi connectivity index (χ0) is 20.1. The minimum atomic E-state index is -0.561. The van der Waals surface area contributed by atoms with Crippen molar-refractivity contribution in [1.82, 2.24) is 0 Å². The second-order valence-electron chi connectivity index (χ2n) is 5.27. The fourth-order valence-electron chi connectivity index (χ4n) is 2.27. The molecule has 2 aromatic carbocycles. The van der Waals surface area contributed by atoms with Crippen molar-refractivity contribution in [2.45, 2.75) is 6.42 Å².